The van der Waals surface area contributed by atoms with Crippen LogP contribution in [0.15, 0.2) is 46.1 Å². The zero-order valence-corrected chi connectivity index (χ0v) is 16.9. The molecule has 2 N–H and O–H groups in total. The Morgan fingerprint density at radius 2 is 2.07 bits per heavy atom. The number of aliphatic imine (C=N–C) groups is 1. The van der Waals surface area contributed by atoms with Crippen LogP contribution in [-0.4, -0.2) is 52.0 Å². The van der Waals surface area contributed by atoms with E-state index in [1.54, 1.807) is 6.33 Å². The summed E-state index contributed by atoms with van der Waals surface area (Å²) in [5.41, 5.74) is 2.71. The first-order chi connectivity index (χ1) is 13.6. The molecule has 8 nitrogen and oxygen atoms in total. The molecule has 0 radical (unpaired) electrons. The van der Waals surface area contributed by atoms with Crippen molar-refractivity contribution < 1.29 is 0 Å². The van der Waals surface area contributed by atoms with Crippen LogP contribution >= 0.6 is 15.9 Å². The second kappa shape index (κ2) is 7.86. The lowest BCUT2D eigenvalue weighted by molar-refractivity contribution is 0.377. The van der Waals surface area contributed by atoms with Gasteiger partial charge >= 0.3 is 0 Å². The number of piperazine rings is 1. The zero-order chi connectivity index (χ0) is 19.5. The van der Waals surface area contributed by atoms with Crippen molar-refractivity contribution in [3.63, 3.8) is 0 Å². The number of aryl methyl sites for hydroxylation is 1. The Bertz CT molecular complexity index is 1060. The number of hydrogen-bond donors (Lipinski definition) is 2. The number of nitrogens with zero attached hydrogens (tertiary/aromatic N) is 6. The molecule has 3 aromatic rings. The topological polar surface area (TPSA) is 96.2 Å². The Hall–Kier alpha value is -3.12. The molecule has 0 saturated carbocycles. The number of rotatable bonds is 2. The standard InChI is InChI=1S/C19H19BrN8/c1-13-9-16-17(25-13)23-12-24-18(16)27-5-7-28(8-6-27)19(22-11-21)26-15-4-2-3-14(20)10-15/h2-4,9-10,12H,5-8H2,1H3,(H,22,26)(H,23,24,25). The van der Waals surface area contributed by atoms with Crippen LogP contribution in [-0.2, 0) is 0 Å². The van der Waals surface area contributed by atoms with Crippen LogP contribution in [0, 0.1) is 18.4 Å². The molecule has 0 spiro atoms. The molecule has 1 fully saturated rings. The molecule has 0 aliphatic carbocycles. The Labute approximate surface area is 171 Å². The van der Waals surface area contributed by atoms with Crippen molar-refractivity contribution in [2.75, 3.05) is 31.1 Å². The highest BCUT2D eigenvalue weighted by atomic mass is 79.9. The number of nitriles is 1. The molecule has 0 amide bonds. The first kappa shape index (κ1) is 18.3. The Balaban J connectivity index is 1.52. The number of aromatic amines is 1. The summed E-state index contributed by atoms with van der Waals surface area (Å²) in [6.45, 7) is 5.04. The van der Waals surface area contributed by atoms with Crippen LogP contribution in [0.25, 0.3) is 11.0 Å². The van der Waals surface area contributed by atoms with E-state index in [-0.39, 0.29) is 0 Å². The first-order valence-corrected chi connectivity index (χ1v) is 9.73. The smallest absolute Gasteiger partial charge is 0.212 e. The Morgan fingerprint density at radius 3 is 2.82 bits per heavy atom. The summed E-state index contributed by atoms with van der Waals surface area (Å²) >= 11 is 3.45. The van der Waals surface area contributed by atoms with Gasteiger partial charge in [-0.2, -0.15) is 5.26 Å². The molecule has 1 aliphatic heterocycles. The minimum atomic E-state index is 0.561. The fraction of sp³-hybridized carbons (Fsp3) is 0.263. The average Bonchev–Trinajstić information content (AvgIpc) is 3.08. The van der Waals surface area contributed by atoms with E-state index >= 15 is 0 Å². The lowest BCUT2D eigenvalue weighted by Crippen LogP contribution is -2.52. The van der Waals surface area contributed by atoms with Gasteiger partial charge in [-0.3, -0.25) is 5.32 Å². The van der Waals surface area contributed by atoms with Gasteiger partial charge in [-0.15, -0.1) is 0 Å². The minimum Gasteiger partial charge on any atom is -0.352 e. The van der Waals surface area contributed by atoms with Crippen molar-refractivity contribution in [3.8, 4) is 6.19 Å². The third-order valence-corrected chi connectivity index (χ3v) is 5.12. The summed E-state index contributed by atoms with van der Waals surface area (Å²) < 4.78 is 0.949. The molecule has 1 aliphatic rings. The maximum atomic E-state index is 9.14. The van der Waals surface area contributed by atoms with Crippen molar-refractivity contribution in [1.29, 1.82) is 5.26 Å². The monoisotopic (exact) mass is 438 g/mol. The van der Waals surface area contributed by atoms with Crippen LogP contribution in [0.1, 0.15) is 5.69 Å². The number of anilines is 1. The minimum absolute atomic E-state index is 0.561. The SMILES string of the molecule is Cc1cc2c(N3CCN(C(=Nc4cccc(Br)c4)NC#N)CC3)ncnc2[nH]1. The Kier molecular flexibility index (Phi) is 5.12. The van der Waals surface area contributed by atoms with Crippen LogP contribution in [0.4, 0.5) is 11.5 Å². The van der Waals surface area contributed by atoms with E-state index < -0.39 is 0 Å². The average molecular weight is 439 g/mol. The number of hydrogen-bond acceptors (Lipinski definition) is 5. The predicted octanol–water partition coefficient (Wildman–Crippen LogP) is 2.91. The van der Waals surface area contributed by atoms with Crippen molar-refractivity contribution in [2.24, 2.45) is 4.99 Å². The van der Waals surface area contributed by atoms with E-state index in [0.29, 0.717) is 5.96 Å². The second-order valence-corrected chi connectivity index (χ2v) is 7.45. The molecule has 9 heteroatoms. The molecule has 0 unspecified atom stereocenters. The highest BCUT2D eigenvalue weighted by molar-refractivity contribution is 9.10. The van der Waals surface area contributed by atoms with Crippen molar-refractivity contribution in [2.45, 2.75) is 6.92 Å². The number of nitrogens with one attached hydrogen (secondary N) is 2. The van der Waals surface area contributed by atoms with E-state index in [1.165, 1.54) is 0 Å². The van der Waals surface area contributed by atoms with Crippen LogP contribution < -0.4 is 10.2 Å². The maximum absolute atomic E-state index is 9.14. The van der Waals surface area contributed by atoms with Gasteiger partial charge in [0.2, 0.25) is 5.96 Å². The molecular formula is C19H19BrN8. The van der Waals surface area contributed by atoms with Crippen molar-refractivity contribution >= 4 is 44.4 Å². The van der Waals surface area contributed by atoms with Gasteiger partial charge in [-0.25, -0.2) is 15.0 Å². The van der Waals surface area contributed by atoms with E-state index in [1.807, 2.05) is 37.4 Å². The maximum Gasteiger partial charge on any atom is 0.212 e. The number of aromatic nitrogens is 3. The van der Waals surface area contributed by atoms with Crippen LogP contribution in [0.3, 0.4) is 0 Å². The van der Waals surface area contributed by atoms with Crippen molar-refractivity contribution in [1.82, 2.24) is 25.2 Å². The summed E-state index contributed by atoms with van der Waals surface area (Å²) in [5, 5.41) is 12.9. The van der Waals surface area contributed by atoms with Gasteiger partial charge in [0.15, 0.2) is 6.19 Å². The molecule has 28 heavy (non-hydrogen) atoms. The second-order valence-electron chi connectivity index (χ2n) is 6.54. The summed E-state index contributed by atoms with van der Waals surface area (Å²) in [5.74, 6) is 1.50. The van der Waals surface area contributed by atoms with Crippen molar-refractivity contribution in [3.05, 3.63) is 46.8 Å². The molecule has 1 saturated heterocycles. The van der Waals surface area contributed by atoms with Gasteiger partial charge in [0.1, 0.15) is 17.8 Å². The fourth-order valence-corrected chi connectivity index (χ4v) is 3.72. The van der Waals surface area contributed by atoms with E-state index in [2.05, 4.69) is 57.1 Å². The largest absolute Gasteiger partial charge is 0.352 e. The Morgan fingerprint density at radius 1 is 1.25 bits per heavy atom. The number of benzene rings is 1. The first-order valence-electron chi connectivity index (χ1n) is 8.93. The van der Waals surface area contributed by atoms with Crippen LogP contribution in [0.5, 0.6) is 0 Å². The summed E-state index contributed by atoms with van der Waals surface area (Å²) in [6.07, 6.45) is 3.59. The molecule has 3 heterocycles. The molecule has 1 aromatic carbocycles. The van der Waals surface area contributed by atoms with Gasteiger partial charge < -0.3 is 14.8 Å². The molecule has 4 rings (SSSR count). The lowest BCUT2D eigenvalue weighted by atomic mass is 10.2. The van der Waals surface area contributed by atoms with Gasteiger partial charge in [0.25, 0.3) is 0 Å². The quantitative estimate of drug-likeness (QED) is 0.276. The molecule has 2 aromatic heterocycles. The summed E-state index contributed by atoms with van der Waals surface area (Å²) in [7, 11) is 0. The molecule has 0 atom stereocenters. The molecule has 0 bridgehead atoms. The molecular weight excluding hydrogens is 420 g/mol. The number of halogens is 1. The number of H-pyrrole nitrogens is 1. The normalized spacial score (nSPS) is 15.0. The lowest BCUT2D eigenvalue weighted by Gasteiger charge is -2.36. The third-order valence-electron chi connectivity index (χ3n) is 4.63. The van der Waals surface area contributed by atoms with Gasteiger partial charge in [0.05, 0.1) is 11.1 Å². The van der Waals surface area contributed by atoms with Gasteiger partial charge in [-0.05, 0) is 31.2 Å². The zero-order valence-electron chi connectivity index (χ0n) is 15.4. The number of guanidine groups is 1. The third kappa shape index (κ3) is 3.77. The van der Waals surface area contributed by atoms with Gasteiger partial charge in [-0.1, -0.05) is 22.0 Å². The highest BCUT2D eigenvalue weighted by Crippen LogP contribution is 2.25. The summed E-state index contributed by atoms with van der Waals surface area (Å²) in [4.78, 5) is 21.0. The summed E-state index contributed by atoms with van der Waals surface area (Å²) in [6, 6.07) is 9.77. The predicted molar refractivity (Wildman–Crippen MR) is 112 cm³/mol. The number of fused-ring (bicyclic) bond motifs is 1. The van der Waals surface area contributed by atoms with E-state index in [4.69, 9.17) is 5.26 Å². The fourth-order valence-electron chi connectivity index (χ4n) is 3.34. The van der Waals surface area contributed by atoms with Gasteiger partial charge in [0, 0.05) is 36.3 Å². The van der Waals surface area contributed by atoms with E-state index in [0.717, 1.165) is 58.9 Å². The van der Waals surface area contributed by atoms with E-state index in [9.17, 15) is 0 Å². The molecule has 142 valence electrons. The highest BCUT2D eigenvalue weighted by Gasteiger charge is 2.22. The van der Waals surface area contributed by atoms with Crippen LogP contribution in [0.2, 0.25) is 0 Å².